The molecule has 5 rings (SSSR count). The summed E-state index contributed by atoms with van der Waals surface area (Å²) in [4.78, 5) is 10.6. The molecule has 3 aromatic heterocycles. The molecule has 0 amide bonds. The largest absolute Gasteiger partial charge is 0.346 e. The Balaban J connectivity index is 1.54. The number of aryl methyl sites for hydroxylation is 1. The first kappa shape index (κ1) is 14.2. The number of aromatic nitrogens is 4. The van der Waals surface area contributed by atoms with Crippen molar-refractivity contribution >= 4 is 11.0 Å². The lowest BCUT2D eigenvalue weighted by Crippen LogP contribution is -2.39. The van der Waals surface area contributed by atoms with Gasteiger partial charge in [-0.15, -0.1) is 0 Å². The fraction of sp³-hybridized carbons (Fsp3) is 0.474. The summed E-state index contributed by atoms with van der Waals surface area (Å²) in [5.41, 5.74) is 4.71. The van der Waals surface area contributed by atoms with Crippen molar-refractivity contribution in [1.29, 1.82) is 0 Å². The predicted molar refractivity (Wildman–Crippen MR) is 94.8 cm³/mol. The molecule has 2 atom stereocenters. The Morgan fingerprint density at radius 1 is 1.12 bits per heavy atom. The molecule has 1 N–H and O–H groups in total. The van der Waals surface area contributed by atoms with Gasteiger partial charge in [0.2, 0.25) is 0 Å². The number of hydrogen-bond donors (Lipinski definition) is 1. The first-order chi connectivity index (χ1) is 11.7. The van der Waals surface area contributed by atoms with Crippen LogP contribution < -0.4 is 0 Å². The van der Waals surface area contributed by atoms with Crippen LogP contribution >= 0.6 is 0 Å². The van der Waals surface area contributed by atoms with Crippen LogP contribution in [0.5, 0.6) is 0 Å². The van der Waals surface area contributed by atoms with Gasteiger partial charge < -0.3 is 9.88 Å². The molecule has 0 aliphatic carbocycles. The maximum atomic E-state index is 4.70. The lowest BCUT2D eigenvalue weighted by Gasteiger charge is -2.36. The highest BCUT2D eigenvalue weighted by Crippen LogP contribution is 2.42. The Hall–Kier alpha value is -2.14. The molecule has 0 radical (unpaired) electrons. The minimum absolute atomic E-state index is 0.646. The number of rotatable bonds is 2. The van der Waals surface area contributed by atoms with Crippen LogP contribution in [0, 0.1) is 0 Å². The highest BCUT2D eigenvalue weighted by molar-refractivity contribution is 5.93. The number of nitrogens with one attached hydrogen (secondary N) is 1. The highest BCUT2D eigenvalue weighted by Gasteiger charge is 2.38. The summed E-state index contributed by atoms with van der Waals surface area (Å²) in [5, 5.41) is 5.52. The molecule has 2 unspecified atom stereocenters. The van der Waals surface area contributed by atoms with E-state index in [9.17, 15) is 0 Å². The van der Waals surface area contributed by atoms with Crippen LogP contribution in [0.15, 0.2) is 30.9 Å². The van der Waals surface area contributed by atoms with Crippen molar-refractivity contribution in [1.82, 2.24) is 24.6 Å². The average Bonchev–Trinajstić information content (AvgIpc) is 3.23. The van der Waals surface area contributed by atoms with Crippen molar-refractivity contribution in [2.45, 2.75) is 43.7 Å². The van der Waals surface area contributed by atoms with Gasteiger partial charge in [-0.3, -0.25) is 4.68 Å². The fourth-order valence-corrected chi connectivity index (χ4v) is 4.73. The van der Waals surface area contributed by atoms with E-state index in [1.54, 1.807) is 0 Å². The molecule has 24 heavy (non-hydrogen) atoms. The molecule has 5 heteroatoms. The van der Waals surface area contributed by atoms with E-state index in [-0.39, 0.29) is 0 Å². The van der Waals surface area contributed by atoms with E-state index in [1.165, 1.54) is 42.2 Å². The van der Waals surface area contributed by atoms with Gasteiger partial charge in [-0.1, -0.05) is 0 Å². The van der Waals surface area contributed by atoms with Gasteiger partial charge in [-0.05, 0) is 50.3 Å². The van der Waals surface area contributed by atoms with Crippen molar-refractivity contribution in [3.8, 4) is 11.1 Å². The molecule has 0 spiro atoms. The highest BCUT2D eigenvalue weighted by atomic mass is 15.2. The lowest BCUT2D eigenvalue weighted by atomic mass is 9.85. The second kappa shape index (κ2) is 5.18. The third-order valence-electron chi connectivity index (χ3n) is 6.14. The van der Waals surface area contributed by atoms with Crippen LogP contribution in [-0.4, -0.2) is 43.8 Å². The van der Waals surface area contributed by atoms with Crippen LogP contribution in [0.3, 0.4) is 0 Å². The Morgan fingerprint density at radius 2 is 1.92 bits per heavy atom. The molecule has 2 saturated heterocycles. The maximum Gasteiger partial charge on any atom is 0.137 e. The first-order valence-electron chi connectivity index (χ1n) is 8.87. The van der Waals surface area contributed by atoms with Crippen molar-refractivity contribution in [3.63, 3.8) is 0 Å². The van der Waals surface area contributed by atoms with Crippen molar-refractivity contribution in [3.05, 3.63) is 36.4 Å². The second-order valence-corrected chi connectivity index (χ2v) is 7.49. The average molecular weight is 321 g/mol. The molecule has 124 valence electrons. The summed E-state index contributed by atoms with van der Waals surface area (Å²) in [7, 11) is 4.25. The van der Waals surface area contributed by atoms with Crippen LogP contribution in [-0.2, 0) is 7.05 Å². The van der Waals surface area contributed by atoms with E-state index in [2.05, 4.69) is 46.7 Å². The summed E-state index contributed by atoms with van der Waals surface area (Å²) in [6, 6.07) is 3.87. The maximum absolute atomic E-state index is 4.70. The minimum atomic E-state index is 0.646. The molecule has 5 nitrogen and oxygen atoms in total. The SMILES string of the molecule is CN1C2CCC1CC(c1cnc3[nH]cc(-c4cnn(C)c4)c3c1)C2. The fourth-order valence-electron chi connectivity index (χ4n) is 4.73. The molecule has 0 aromatic carbocycles. The van der Waals surface area contributed by atoms with E-state index in [4.69, 9.17) is 4.98 Å². The number of piperidine rings is 1. The quantitative estimate of drug-likeness (QED) is 0.788. The predicted octanol–water partition coefficient (Wildman–Crippen LogP) is 3.30. The van der Waals surface area contributed by atoms with Gasteiger partial charge >= 0.3 is 0 Å². The molecular formula is C19H23N5. The van der Waals surface area contributed by atoms with E-state index in [1.807, 2.05) is 17.9 Å². The van der Waals surface area contributed by atoms with E-state index < -0.39 is 0 Å². The smallest absolute Gasteiger partial charge is 0.137 e. The molecule has 2 fully saturated rings. The lowest BCUT2D eigenvalue weighted by molar-refractivity contribution is 0.161. The van der Waals surface area contributed by atoms with E-state index in [0.29, 0.717) is 5.92 Å². The molecular weight excluding hydrogens is 298 g/mol. The van der Waals surface area contributed by atoms with Crippen molar-refractivity contribution in [2.75, 3.05) is 7.05 Å². The minimum Gasteiger partial charge on any atom is -0.346 e. The molecule has 2 aliphatic heterocycles. The van der Waals surface area contributed by atoms with Crippen LogP contribution in [0.25, 0.3) is 22.2 Å². The van der Waals surface area contributed by atoms with Gasteiger partial charge in [0, 0.05) is 54.2 Å². The Kier molecular flexibility index (Phi) is 3.07. The third kappa shape index (κ3) is 2.11. The number of H-pyrrole nitrogens is 1. The first-order valence-corrected chi connectivity index (χ1v) is 8.87. The van der Waals surface area contributed by atoms with Crippen LogP contribution in [0.1, 0.15) is 37.2 Å². The summed E-state index contributed by atoms with van der Waals surface area (Å²) >= 11 is 0. The Bertz CT molecular complexity index is 878. The van der Waals surface area contributed by atoms with Gasteiger partial charge in [-0.25, -0.2) is 4.98 Å². The molecule has 3 aromatic rings. The molecule has 0 saturated carbocycles. The van der Waals surface area contributed by atoms with Crippen molar-refractivity contribution in [2.24, 2.45) is 7.05 Å². The van der Waals surface area contributed by atoms with E-state index >= 15 is 0 Å². The monoisotopic (exact) mass is 321 g/mol. The number of nitrogens with zero attached hydrogens (tertiary/aromatic N) is 4. The van der Waals surface area contributed by atoms with Gasteiger partial charge in [0.05, 0.1) is 6.20 Å². The molecule has 5 heterocycles. The second-order valence-electron chi connectivity index (χ2n) is 7.49. The number of fused-ring (bicyclic) bond motifs is 3. The number of pyridine rings is 1. The number of hydrogen-bond acceptors (Lipinski definition) is 3. The van der Waals surface area contributed by atoms with Crippen LogP contribution in [0.4, 0.5) is 0 Å². The Labute approximate surface area is 141 Å². The zero-order chi connectivity index (χ0) is 16.3. The third-order valence-corrected chi connectivity index (χ3v) is 6.14. The topological polar surface area (TPSA) is 49.7 Å². The molecule has 2 bridgehead atoms. The van der Waals surface area contributed by atoms with E-state index in [0.717, 1.165) is 23.3 Å². The van der Waals surface area contributed by atoms with Crippen LogP contribution in [0.2, 0.25) is 0 Å². The standard InChI is InChI=1S/C19H23N5/c1-23-11-14(9-22-23)18-10-21-19-17(18)7-13(8-20-19)12-5-15-3-4-16(6-12)24(15)2/h7-12,15-16H,3-6H2,1-2H3,(H,20,21). The normalized spacial score (nSPS) is 27.2. The summed E-state index contributed by atoms with van der Waals surface area (Å²) < 4.78 is 1.85. The Morgan fingerprint density at radius 3 is 2.62 bits per heavy atom. The summed E-state index contributed by atoms with van der Waals surface area (Å²) in [5.74, 6) is 0.646. The van der Waals surface area contributed by atoms with Gasteiger partial charge in [0.1, 0.15) is 5.65 Å². The summed E-state index contributed by atoms with van der Waals surface area (Å²) in [6.45, 7) is 0. The van der Waals surface area contributed by atoms with Crippen molar-refractivity contribution < 1.29 is 0 Å². The van der Waals surface area contributed by atoms with Gasteiger partial charge in [0.15, 0.2) is 0 Å². The van der Waals surface area contributed by atoms with Gasteiger partial charge in [0.25, 0.3) is 0 Å². The van der Waals surface area contributed by atoms with Gasteiger partial charge in [-0.2, -0.15) is 5.10 Å². The zero-order valence-electron chi connectivity index (χ0n) is 14.2. The zero-order valence-corrected chi connectivity index (χ0v) is 14.2. The molecule has 2 aliphatic rings. The number of aromatic amines is 1. The summed E-state index contributed by atoms with van der Waals surface area (Å²) in [6.07, 6.45) is 13.4.